The molecule has 0 bridgehead atoms. The predicted molar refractivity (Wildman–Crippen MR) is 82.8 cm³/mol. The molecule has 0 saturated heterocycles. The summed E-state index contributed by atoms with van der Waals surface area (Å²) < 4.78 is 5.31. The van der Waals surface area contributed by atoms with E-state index in [0.717, 1.165) is 19.4 Å². The van der Waals surface area contributed by atoms with Gasteiger partial charge < -0.3 is 21.1 Å². The van der Waals surface area contributed by atoms with Crippen LogP contribution in [0, 0.1) is 0 Å². The van der Waals surface area contributed by atoms with Gasteiger partial charge in [-0.3, -0.25) is 4.99 Å². The molecule has 0 aromatic carbocycles. The van der Waals surface area contributed by atoms with Gasteiger partial charge in [0.1, 0.15) is 5.60 Å². The van der Waals surface area contributed by atoms with Crippen LogP contribution in [0.2, 0.25) is 0 Å². The number of aliphatic imine (C=N–C) groups is 1. The number of carbonyl (C=O) groups excluding carboxylic acids is 1. The number of nitrogens with one attached hydrogen (secondary N) is 2. The van der Waals surface area contributed by atoms with E-state index in [-0.39, 0.29) is 0 Å². The Hall–Kier alpha value is -1.46. The maximum Gasteiger partial charge on any atom is 0.408 e. The second-order valence-electron chi connectivity index (χ2n) is 5.85. The monoisotopic (exact) mass is 286 g/mol. The highest BCUT2D eigenvalue weighted by molar-refractivity contribution is 5.77. The third-order valence-corrected chi connectivity index (χ3v) is 3.03. The zero-order valence-corrected chi connectivity index (χ0v) is 13.7. The van der Waals surface area contributed by atoms with E-state index < -0.39 is 17.2 Å². The molecule has 0 aliphatic rings. The van der Waals surface area contributed by atoms with Gasteiger partial charge in [-0.05, 0) is 40.5 Å². The molecule has 0 saturated carbocycles. The van der Waals surface area contributed by atoms with Crippen LogP contribution in [-0.4, -0.2) is 36.3 Å². The minimum absolute atomic E-state index is 0.393. The van der Waals surface area contributed by atoms with Gasteiger partial charge in [-0.25, -0.2) is 4.79 Å². The van der Waals surface area contributed by atoms with Crippen molar-refractivity contribution in [3.63, 3.8) is 0 Å². The molecule has 118 valence electrons. The molecule has 6 nitrogen and oxygen atoms in total. The lowest BCUT2D eigenvalue weighted by atomic mass is 9.93. The summed E-state index contributed by atoms with van der Waals surface area (Å²) in [6, 6.07) is 0. The van der Waals surface area contributed by atoms with Crippen molar-refractivity contribution < 1.29 is 9.53 Å². The van der Waals surface area contributed by atoms with E-state index in [1.54, 1.807) is 0 Å². The van der Waals surface area contributed by atoms with E-state index in [4.69, 9.17) is 10.5 Å². The number of alkyl carbamates (subject to hydrolysis) is 1. The molecule has 0 heterocycles. The van der Waals surface area contributed by atoms with Gasteiger partial charge in [0.25, 0.3) is 0 Å². The van der Waals surface area contributed by atoms with E-state index in [2.05, 4.69) is 15.6 Å². The lowest BCUT2D eigenvalue weighted by Gasteiger charge is -2.32. The average molecular weight is 286 g/mol. The Balaban J connectivity index is 4.76. The summed E-state index contributed by atoms with van der Waals surface area (Å²) in [6.45, 7) is 12.7. The molecule has 0 aromatic rings. The van der Waals surface area contributed by atoms with Crippen LogP contribution in [0.3, 0.4) is 0 Å². The van der Waals surface area contributed by atoms with Crippen molar-refractivity contribution in [1.29, 1.82) is 0 Å². The van der Waals surface area contributed by atoms with Gasteiger partial charge in [0.15, 0.2) is 5.96 Å². The first-order valence-electron chi connectivity index (χ1n) is 7.23. The number of ether oxygens (including phenoxy) is 1. The molecule has 0 radical (unpaired) electrons. The fourth-order valence-electron chi connectivity index (χ4n) is 1.68. The molecule has 4 N–H and O–H groups in total. The molecule has 0 unspecified atom stereocenters. The number of rotatable bonds is 6. The first-order valence-corrected chi connectivity index (χ1v) is 7.23. The van der Waals surface area contributed by atoms with Crippen LogP contribution in [-0.2, 0) is 4.74 Å². The van der Waals surface area contributed by atoms with Crippen molar-refractivity contribution >= 4 is 12.1 Å². The van der Waals surface area contributed by atoms with Crippen LogP contribution in [0.15, 0.2) is 4.99 Å². The van der Waals surface area contributed by atoms with Gasteiger partial charge >= 0.3 is 6.09 Å². The molecule has 0 atom stereocenters. The van der Waals surface area contributed by atoms with E-state index in [0.29, 0.717) is 12.5 Å². The maximum atomic E-state index is 11.9. The topological polar surface area (TPSA) is 88.7 Å². The lowest BCUT2D eigenvalue weighted by Crippen LogP contribution is -2.52. The largest absolute Gasteiger partial charge is 0.444 e. The molecule has 0 rings (SSSR count). The van der Waals surface area contributed by atoms with E-state index >= 15 is 0 Å². The van der Waals surface area contributed by atoms with Crippen molar-refractivity contribution in [2.75, 3.05) is 13.1 Å². The zero-order valence-electron chi connectivity index (χ0n) is 13.7. The molecular formula is C14H30N4O2. The van der Waals surface area contributed by atoms with Crippen molar-refractivity contribution in [3.8, 4) is 0 Å². The highest BCUT2D eigenvalue weighted by Gasteiger charge is 2.30. The van der Waals surface area contributed by atoms with Crippen molar-refractivity contribution in [2.24, 2.45) is 10.7 Å². The van der Waals surface area contributed by atoms with Crippen molar-refractivity contribution in [1.82, 2.24) is 10.6 Å². The summed E-state index contributed by atoms with van der Waals surface area (Å²) >= 11 is 0. The normalized spacial score (nSPS) is 13.0. The van der Waals surface area contributed by atoms with E-state index in [1.165, 1.54) is 0 Å². The maximum absolute atomic E-state index is 11.9. The summed E-state index contributed by atoms with van der Waals surface area (Å²) in [5.74, 6) is 0.393. The first-order chi connectivity index (χ1) is 9.18. The second kappa shape index (κ2) is 7.97. The average Bonchev–Trinajstić information content (AvgIpc) is 2.32. The van der Waals surface area contributed by atoms with Gasteiger partial charge in [0.05, 0.1) is 12.1 Å². The van der Waals surface area contributed by atoms with Crippen molar-refractivity contribution in [2.45, 2.75) is 65.5 Å². The van der Waals surface area contributed by atoms with Crippen LogP contribution in [0.5, 0.6) is 0 Å². The number of nitrogens with two attached hydrogens (primary N) is 1. The van der Waals surface area contributed by atoms with Gasteiger partial charge in [-0.1, -0.05) is 13.8 Å². The first kappa shape index (κ1) is 18.5. The molecule has 6 heteroatoms. The fraction of sp³-hybridized carbons (Fsp3) is 0.857. The molecule has 0 aliphatic heterocycles. The second-order valence-corrected chi connectivity index (χ2v) is 5.85. The van der Waals surface area contributed by atoms with Crippen LogP contribution in [0.1, 0.15) is 54.4 Å². The quantitative estimate of drug-likeness (QED) is 0.514. The lowest BCUT2D eigenvalue weighted by molar-refractivity contribution is 0.0452. The Labute approximate surface area is 122 Å². The Morgan fingerprint density at radius 1 is 1.20 bits per heavy atom. The number of nitrogens with zero attached hydrogens (tertiary/aromatic N) is 1. The zero-order chi connectivity index (χ0) is 15.8. The number of guanidine groups is 1. The number of carbonyl (C=O) groups is 1. The van der Waals surface area contributed by atoms with Crippen LogP contribution >= 0.6 is 0 Å². The Bertz CT molecular complexity index is 331. The number of hydrogen-bond donors (Lipinski definition) is 3. The molecular weight excluding hydrogens is 256 g/mol. The molecule has 0 fully saturated rings. The molecule has 0 spiro atoms. The van der Waals surface area contributed by atoms with Crippen LogP contribution in [0.25, 0.3) is 0 Å². The van der Waals surface area contributed by atoms with Gasteiger partial charge in [0, 0.05) is 6.54 Å². The predicted octanol–water partition coefficient (Wildman–Crippen LogP) is 1.99. The number of hydrogen-bond acceptors (Lipinski definition) is 3. The summed E-state index contributed by atoms with van der Waals surface area (Å²) in [5.41, 5.74) is 4.79. The van der Waals surface area contributed by atoms with Gasteiger partial charge in [-0.2, -0.15) is 0 Å². The number of amides is 1. The third kappa shape index (κ3) is 7.21. The van der Waals surface area contributed by atoms with E-state index in [1.807, 2.05) is 41.5 Å². The minimum atomic E-state index is -0.511. The highest BCUT2D eigenvalue weighted by atomic mass is 16.6. The summed E-state index contributed by atoms with van der Waals surface area (Å²) in [6.07, 6.45) is 1.09. The summed E-state index contributed by atoms with van der Waals surface area (Å²) in [4.78, 5) is 16.2. The standard InChI is InChI=1S/C14H30N4O2/c1-7-14(8-2,10-17-11(15)16-9-3)18-12(19)20-13(4,5)6/h7-10H2,1-6H3,(H,18,19)(H3,15,16,17). The fourth-order valence-corrected chi connectivity index (χ4v) is 1.68. The Morgan fingerprint density at radius 3 is 2.15 bits per heavy atom. The van der Waals surface area contributed by atoms with Gasteiger partial charge in [0.2, 0.25) is 0 Å². The molecule has 20 heavy (non-hydrogen) atoms. The van der Waals surface area contributed by atoms with Crippen molar-refractivity contribution in [3.05, 3.63) is 0 Å². The minimum Gasteiger partial charge on any atom is -0.444 e. The van der Waals surface area contributed by atoms with Crippen LogP contribution in [0.4, 0.5) is 4.79 Å². The smallest absolute Gasteiger partial charge is 0.408 e. The summed E-state index contributed by atoms with van der Waals surface area (Å²) in [5, 5.41) is 5.87. The molecule has 1 amide bonds. The Morgan fingerprint density at radius 2 is 1.75 bits per heavy atom. The summed E-state index contributed by atoms with van der Waals surface area (Å²) in [7, 11) is 0. The van der Waals surface area contributed by atoms with E-state index in [9.17, 15) is 4.79 Å². The molecule has 0 aromatic heterocycles. The molecule has 0 aliphatic carbocycles. The SMILES string of the molecule is CCNC(N)=NCC(CC)(CC)NC(=O)OC(C)(C)C. The Kier molecular flexibility index (Phi) is 7.39. The highest BCUT2D eigenvalue weighted by Crippen LogP contribution is 2.17. The third-order valence-electron chi connectivity index (χ3n) is 3.03. The van der Waals surface area contributed by atoms with Crippen LogP contribution < -0.4 is 16.4 Å². The van der Waals surface area contributed by atoms with Gasteiger partial charge in [-0.15, -0.1) is 0 Å².